The SMILES string of the molecule is CC(=O)C(=O)c1ccc(C)cc1O. The highest BCUT2D eigenvalue weighted by Gasteiger charge is 2.14. The van der Waals surface area contributed by atoms with Crippen molar-refractivity contribution in [2.75, 3.05) is 0 Å². The topological polar surface area (TPSA) is 54.4 Å². The average Bonchev–Trinajstić information content (AvgIpc) is 2.03. The third kappa shape index (κ3) is 1.93. The van der Waals surface area contributed by atoms with Crippen LogP contribution in [0.15, 0.2) is 18.2 Å². The van der Waals surface area contributed by atoms with Crippen molar-refractivity contribution in [3.05, 3.63) is 29.3 Å². The minimum atomic E-state index is -0.655. The summed E-state index contributed by atoms with van der Waals surface area (Å²) in [6.07, 6.45) is 0. The van der Waals surface area contributed by atoms with Gasteiger partial charge >= 0.3 is 0 Å². The van der Waals surface area contributed by atoms with E-state index in [0.717, 1.165) is 5.56 Å². The third-order valence-corrected chi connectivity index (χ3v) is 1.72. The van der Waals surface area contributed by atoms with Crippen LogP contribution in [0.5, 0.6) is 5.75 Å². The standard InChI is InChI=1S/C10H10O3/c1-6-3-4-8(9(12)5-6)10(13)7(2)11/h3-5,12H,1-2H3. The van der Waals surface area contributed by atoms with E-state index in [1.807, 2.05) is 0 Å². The Kier molecular flexibility index (Phi) is 2.46. The molecule has 1 rings (SSSR count). The molecule has 0 aliphatic carbocycles. The molecule has 0 spiro atoms. The van der Waals surface area contributed by atoms with E-state index in [9.17, 15) is 14.7 Å². The summed E-state index contributed by atoms with van der Waals surface area (Å²) < 4.78 is 0. The van der Waals surface area contributed by atoms with Crippen LogP contribution in [0.3, 0.4) is 0 Å². The predicted molar refractivity (Wildman–Crippen MR) is 47.9 cm³/mol. The number of phenolic OH excluding ortho intramolecular Hbond substituents is 1. The fraction of sp³-hybridized carbons (Fsp3) is 0.200. The molecule has 68 valence electrons. The molecule has 1 N–H and O–H groups in total. The summed E-state index contributed by atoms with van der Waals surface area (Å²) in [5.74, 6) is -1.36. The Morgan fingerprint density at radius 2 is 1.92 bits per heavy atom. The molecule has 1 aromatic rings. The van der Waals surface area contributed by atoms with Crippen molar-refractivity contribution in [3.63, 3.8) is 0 Å². The lowest BCUT2D eigenvalue weighted by atomic mass is 10.1. The largest absolute Gasteiger partial charge is 0.507 e. The van der Waals surface area contributed by atoms with E-state index in [1.54, 1.807) is 13.0 Å². The monoisotopic (exact) mass is 178 g/mol. The number of carbonyl (C=O) groups is 2. The molecule has 0 aromatic heterocycles. The maximum atomic E-state index is 11.2. The Morgan fingerprint density at radius 3 is 2.38 bits per heavy atom. The van der Waals surface area contributed by atoms with Gasteiger partial charge in [0.25, 0.3) is 0 Å². The van der Waals surface area contributed by atoms with Crippen LogP contribution in [-0.4, -0.2) is 16.7 Å². The minimum absolute atomic E-state index is 0.0677. The number of rotatable bonds is 2. The molecule has 3 heteroatoms. The maximum absolute atomic E-state index is 11.2. The van der Waals surface area contributed by atoms with Crippen molar-refractivity contribution in [3.8, 4) is 5.75 Å². The predicted octanol–water partition coefficient (Wildman–Crippen LogP) is 1.47. The molecule has 1 aromatic carbocycles. The Labute approximate surface area is 76.0 Å². The van der Waals surface area contributed by atoms with Gasteiger partial charge in [0, 0.05) is 6.92 Å². The molecule has 0 bridgehead atoms. The van der Waals surface area contributed by atoms with Gasteiger partial charge in [0.1, 0.15) is 5.75 Å². The zero-order valence-corrected chi connectivity index (χ0v) is 7.50. The summed E-state index contributed by atoms with van der Waals surface area (Å²) in [4.78, 5) is 21.9. The lowest BCUT2D eigenvalue weighted by Gasteiger charge is -2.01. The molecule has 0 atom stereocenters. The van der Waals surface area contributed by atoms with Gasteiger partial charge in [-0.2, -0.15) is 0 Å². The number of aromatic hydroxyl groups is 1. The normalized spacial score (nSPS) is 9.69. The first-order chi connectivity index (χ1) is 6.02. The van der Waals surface area contributed by atoms with Crippen LogP contribution >= 0.6 is 0 Å². The maximum Gasteiger partial charge on any atom is 0.231 e. The smallest absolute Gasteiger partial charge is 0.231 e. The summed E-state index contributed by atoms with van der Waals surface area (Å²) in [5, 5.41) is 9.34. The van der Waals surface area contributed by atoms with E-state index in [1.165, 1.54) is 19.1 Å². The van der Waals surface area contributed by atoms with Gasteiger partial charge < -0.3 is 5.11 Å². The van der Waals surface area contributed by atoms with Crippen LogP contribution in [0, 0.1) is 6.92 Å². The number of aryl methyl sites for hydroxylation is 1. The van der Waals surface area contributed by atoms with Crippen LogP contribution in [0.1, 0.15) is 22.8 Å². The highest BCUT2D eigenvalue weighted by atomic mass is 16.3. The van der Waals surface area contributed by atoms with Crippen LogP contribution in [0.25, 0.3) is 0 Å². The van der Waals surface area contributed by atoms with E-state index in [0.29, 0.717) is 0 Å². The molecule has 0 saturated carbocycles. The van der Waals surface area contributed by atoms with Crippen molar-refractivity contribution in [1.82, 2.24) is 0 Å². The van der Waals surface area contributed by atoms with Crippen molar-refractivity contribution in [1.29, 1.82) is 0 Å². The third-order valence-electron chi connectivity index (χ3n) is 1.72. The molecule has 0 radical (unpaired) electrons. The summed E-state index contributed by atoms with van der Waals surface area (Å²) in [6, 6.07) is 4.58. The van der Waals surface area contributed by atoms with Gasteiger partial charge in [-0.1, -0.05) is 6.07 Å². The molecule has 0 aliphatic rings. The van der Waals surface area contributed by atoms with E-state index < -0.39 is 11.6 Å². The van der Waals surface area contributed by atoms with Crippen molar-refractivity contribution in [2.24, 2.45) is 0 Å². The van der Waals surface area contributed by atoms with Gasteiger partial charge in [-0.15, -0.1) is 0 Å². The highest BCUT2D eigenvalue weighted by Crippen LogP contribution is 2.18. The molecular formula is C10H10O3. The Hall–Kier alpha value is -1.64. The van der Waals surface area contributed by atoms with Crippen molar-refractivity contribution in [2.45, 2.75) is 13.8 Å². The zero-order chi connectivity index (χ0) is 10.0. The Morgan fingerprint density at radius 1 is 1.31 bits per heavy atom. The highest BCUT2D eigenvalue weighted by molar-refractivity contribution is 6.43. The van der Waals surface area contributed by atoms with Gasteiger partial charge in [0.05, 0.1) is 5.56 Å². The van der Waals surface area contributed by atoms with E-state index in [-0.39, 0.29) is 11.3 Å². The first-order valence-electron chi connectivity index (χ1n) is 3.87. The fourth-order valence-corrected chi connectivity index (χ4v) is 1.02. The quantitative estimate of drug-likeness (QED) is 0.551. The van der Waals surface area contributed by atoms with E-state index >= 15 is 0 Å². The fourth-order valence-electron chi connectivity index (χ4n) is 1.02. The van der Waals surface area contributed by atoms with Crippen molar-refractivity contribution < 1.29 is 14.7 Å². The van der Waals surface area contributed by atoms with Crippen LogP contribution in [-0.2, 0) is 4.79 Å². The summed E-state index contributed by atoms with van der Waals surface area (Å²) >= 11 is 0. The molecule has 0 saturated heterocycles. The minimum Gasteiger partial charge on any atom is -0.507 e. The zero-order valence-electron chi connectivity index (χ0n) is 7.50. The van der Waals surface area contributed by atoms with Crippen molar-refractivity contribution >= 4 is 11.6 Å². The van der Waals surface area contributed by atoms with Crippen LogP contribution in [0.4, 0.5) is 0 Å². The molecular weight excluding hydrogens is 168 g/mol. The first-order valence-corrected chi connectivity index (χ1v) is 3.87. The van der Waals surface area contributed by atoms with Gasteiger partial charge in [-0.25, -0.2) is 0 Å². The second-order valence-corrected chi connectivity index (χ2v) is 2.91. The number of benzene rings is 1. The summed E-state index contributed by atoms with van der Waals surface area (Å²) in [7, 11) is 0. The van der Waals surface area contributed by atoms with Gasteiger partial charge in [0.15, 0.2) is 5.78 Å². The molecule has 0 aliphatic heterocycles. The summed E-state index contributed by atoms with van der Waals surface area (Å²) in [5.41, 5.74) is 0.913. The average molecular weight is 178 g/mol. The molecule has 0 amide bonds. The second kappa shape index (κ2) is 3.39. The number of hydrogen-bond acceptors (Lipinski definition) is 3. The van der Waals surface area contributed by atoms with Crippen LogP contribution in [0.2, 0.25) is 0 Å². The van der Waals surface area contributed by atoms with E-state index in [4.69, 9.17) is 0 Å². The first kappa shape index (κ1) is 9.45. The molecule has 3 nitrogen and oxygen atoms in total. The number of carbonyl (C=O) groups excluding carboxylic acids is 2. The van der Waals surface area contributed by atoms with Crippen LogP contribution < -0.4 is 0 Å². The lowest BCUT2D eigenvalue weighted by molar-refractivity contribution is -0.113. The summed E-state index contributed by atoms with van der Waals surface area (Å²) in [6.45, 7) is 2.98. The second-order valence-electron chi connectivity index (χ2n) is 2.91. The van der Waals surface area contributed by atoms with Gasteiger partial charge in [-0.05, 0) is 24.6 Å². The number of phenols is 1. The molecule has 0 heterocycles. The number of Topliss-reactive ketones (excluding diaryl/α,β-unsaturated/α-hetero) is 2. The lowest BCUT2D eigenvalue weighted by Crippen LogP contribution is -2.09. The van der Waals surface area contributed by atoms with E-state index in [2.05, 4.69) is 0 Å². The van der Waals surface area contributed by atoms with Gasteiger partial charge in [0.2, 0.25) is 5.78 Å². The molecule has 0 fully saturated rings. The Balaban J connectivity index is 3.16. The number of hydrogen-bond donors (Lipinski definition) is 1. The Bertz CT molecular complexity index is 366. The molecule has 13 heavy (non-hydrogen) atoms. The number of ketones is 2. The van der Waals surface area contributed by atoms with Gasteiger partial charge in [-0.3, -0.25) is 9.59 Å². The molecule has 0 unspecified atom stereocenters.